The van der Waals surface area contributed by atoms with Gasteiger partial charge in [0.15, 0.2) is 0 Å². The minimum atomic E-state index is -2.20. The van der Waals surface area contributed by atoms with Crippen LogP contribution in [0.15, 0.2) is 35.4 Å². The molecule has 0 radical (unpaired) electrons. The number of rotatable bonds is 5. The fourth-order valence-electron chi connectivity index (χ4n) is 2.31. The third kappa shape index (κ3) is 4.34. The van der Waals surface area contributed by atoms with Gasteiger partial charge in [-0.1, -0.05) is 0 Å². The average molecular weight is 499 g/mol. The van der Waals surface area contributed by atoms with E-state index in [1.807, 2.05) is 25.1 Å². The first kappa shape index (κ1) is 18.0. The summed E-state index contributed by atoms with van der Waals surface area (Å²) in [5.41, 5.74) is 1.05. The van der Waals surface area contributed by atoms with Crippen LogP contribution in [0.3, 0.4) is 0 Å². The first-order valence-electron chi connectivity index (χ1n) is 7.25. The number of amides is 1. The molecule has 7 heteroatoms. The molecule has 22 heavy (non-hydrogen) atoms. The molecule has 1 unspecified atom stereocenters. The Morgan fingerprint density at radius 1 is 1.36 bits per heavy atom. The summed E-state index contributed by atoms with van der Waals surface area (Å²) in [6, 6.07) is 10.4. The van der Waals surface area contributed by atoms with Crippen molar-refractivity contribution in [1.29, 1.82) is 0 Å². The van der Waals surface area contributed by atoms with E-state index in [2.05, 4.69) is 52.4 Å². The van der Waals surface area contributed by atoms with Crippen LogP contribution in [-0.4, -0.2) is 38.7 Å². The van der Waals surface area contributed by atoms with Gasteiger partial charge in [-0.2, -0.15) is 0 Å². The number of nitrogens with zero attached hydrogens (tertiary/aromatic N) is 2. The second kappa shape index (κ2) is 7.95. The van der Waals surface area contributed by atoms with E-state index in [4.69, 9.17) is 4.74 Å². The first-order chi connectivity index (χ1) is 10.5. The number of halogens is 2. The molecule has 0 bridgehead atoms. The van der Waals surface area contributed by atoms with Gasteiger partial charge < -0.3 is 0 Å². The van der Waals surface area contributed by atoms with E-state index in [0.717, 1.165) is 23.9 Å². The van der Waals surface area contributed by atoms with E-state index < -0.39 is 9.23 Å². The molecule has 1 amide bonds. The second-order valence-electron chi connectivity index (χ2n) is 4.98. The fraction of sp³-hybridized carbons (Fsp3) is 0.467. The zero-order valence-corrected chi connectivity index (χ0v) is 17.6. The molecule has 0 fully saturated rings. The Hall–Kier alpha value is -0.361. The molecule has 0 spiro atoms. The van der Waals surface area contributed by atoms with Gasteiger partial charge in [-0.25, -0.2) is 0 Å². The van der Waals surface area contributed by atoms with E-state index in [1.54, 1.807) is 0 Å². The van der Waals surface area contributed by atoms with Crippen molar-refractivity contribution in [1.82, 2.24) is 5.01 Å². The molecule has 1 aliphatic heterocycles. The van der Waals surface area contributed by atoms with Crippen molar-refractivity contribution in [3.63, 3.8) is 0 Å². The van der Waals surface area contributed by atoms with Crippen LogP contribution in [0.4, 0.5) is 4.79 Å². The van der Waals surface area contributed by atoms with Gasteiger partial charge in [0.2, 0.25) is 0 Å². The van der Waals surface area contributed by atoms with E-state index in [0.29, 0.717) is 6.61 Å². The van der Waals surface area contributed by atoms with E-state index in [-0.39, 0.29) is 12.1 Å². The summed E-state index contributed by atoms with van der Waals surface area (Å²) in [4.78, 5) is 12.1. The molecule has 1 heterocycles. The average Bonchev–Trinajstić information content (AvgIpc) is 2.91. The predicted molar refractivity (Wildman–Crippen MR) is 99.5 cm³/mol. The summed E-state index contributed by atoms with van der Waals surface area (Å²) in [5.74, 6) is 0. The van der Waals surface area contributed by atoms with Crippen LogP contribution >= 0.6 is 28.2 Å². The number of benzene rings is 1. The molecule has 1 aliphatic rings. The molecule has 122 valence electrons. The maximum atomic E-state index is 12.1. The molecule has 0 aliphatic carbocycles. The molecule has 0 saturated heterocycles. The summed E-state index contributed by atoms with van der Waals surface area (Å²) < 4.78 is 6.41. The van der Waals surface area contributed by atoms with Crippen LogP contribution in [0.2, 0.25) is 5.32 Å². The van der Waals surface area contributed by atoms with E-state index in [1.165, 1.54) is 9.47 Å². The number of hydrogen-bond acceptors (Lipinski definition) is 3. The summed E-state index contributed by atoms with van der Waals surface area (Å²) in [5, 5.41) is 6.82. The van der Waals surface area contributed by atoms with Gasteiger partial charge >= 0.3 is 148 Å². The second-order valence-corrected chi connectivity index (χ2v) is 25.1. The fourth-order valence-corrected chi connectivity index (χ4v) is 10.9. The van der Waals surface area contributed by atoms with Crippen LogP contribution in [0.5, 0.6) is 0 Å². The van der Waals surface area contributed by atoms with Crippen molar-refractivity contribution in [3.8, 4) is 0 Å². The Labute approximate surface area is 147 Å². The van der Waals surface area contributed by atoms with Crippen LogP contribution in [0.1, 0.15) is 26.7 Å². The Kier molecular flexibility index (Phi) is 6.50. The van der Waals surface area contributed by atoms with Crippen LogP contribution in [-0.2, 0) is 4.74 Å². The predicted octanol–water partition coefficient (Wildman–Crippen LogP) is 4.12. The minimum absolute atomic E-state index is 0.0490. The SMILES string of the molecule is CCOC(=O)N1N=C(CC)CC1C[Se](Br)(Br)c1ccccc1. The van der Waals surface area contributed by atoms with Crippen molar-refractivity contribution >= 4 is 53.7 Å². The summed E-state index contributed by atoms with van der Waals surface area (Å²) in [6.45, 7) is 4.24. The van der Waals surface area contributed by atoms with Crippen molar-refractivity contribution in [2.45, 2.75) is 38.1 Å². The van der Waals surface area contributed by atoms with Gasteiger partial charge in [0, 0.05) is 0 Å². The Balaban J connectivity index is 2.15. The Morgan fingerprint density at radius 2 is 2.05 bits per heavy atom. The zero-order chi connectivity index (χ0) is 16.2. The van der Waals surface area contributed by atoms with Crippen molar-refractivity contribution < 1.29 is 9.53 Å². The van der Waals surface area contributed by atoms with Gasteiger partial charge in [-0.15, -0.1) is 0 Å². The zero-order valence-electron chi connectivity index (χ0n) is 12.7. The molecule has 0 saturated carbocycles. The monoisotopic (exact) mass is 498 g/mol. The van der Waals surface area contributed by atoms with Crippen LogP contribution in [0.25, 0.3) is 0 Å². The van der Waals surface area contributed by atoms with Crippen molar-refractivity contribution in [2.24, 2.45) is 5.10 Å². The van der Waals surface area contributed by atoms with Gasteiger partial charge in [-0.05, 0) is 0 Å². The number of carbonyl (C=O) groups excluding carboxylic acids is 1. The van der Waals surface area contributed by atoms with Gasteiger partial charge in [0.1, 0.15) is 0 Å². The third-order valence-electron chi connectivity index (χ3n) is 3.42. The van der Waals surface area contributed by atoms with Gasteiger partial charge in [-0.3, -0.25) is 0 Å². The Bertz CT molecular complexity index is 552. The van der Waals surface area contributed by atoms with Gasteiger partial charge in [0.25, 0.3) is 0 Å². The molecule has 1 aromatic carbocycles. The van der Waals surface area contributed by atoms with Crippen molar-refractivity contribution in [3.05, 3.63) is 30.3 Å². The molecule has 4 nitrogen and oxygen atoms in total. The number of hydrazone groups is 1. The quantitative estimate of drug-likeness (QED) is 0.573. The standard InChI is InChI=1S/C15H20Br2N2O2Se/c1-3-12-10-13(19(18-12)15(20)21-4-2)11-22(16,17)14-8-6-5-7-9-14/h5-9,13H,3-4,10-11H2,1-2H3. The van der Waals surface area contributed by atoms with E-state index in [9.17, 15) is 4.79 Å². The summed E-state index contributed by atoms with van der Waals surface area (Å²) in [7, 11) is -2.20. The number of carbonyl (C=O) groups is 1. The molecular weight excluding hydrogens is 479 g/mol. The van der Waals surface area contributed by atoms with Crippen molar-refractivity contribution in [2.75, 3.05) is 6.61 Å². The third-order valence-corrected chi connectivity index (χ3v) is 13.8. The van der Waals surface area contributed by atoms with Crippen LogP contribution in [0, 0.1) is 0 Å². The Morgan fingerprint density at radius 3 is 2.64 bits per heavy atom. The maximum absolute atomic E-state index is 12.1. The molecule has 0 aromatic heterocycles. The molecule has 0 N–H and O–H groups in total. The molecular formula is C15H20Br2N2O2Se. The first-order valence-corrected chi connectivity index (χ1v) is 17.3. The molecule has 1 atom stereocenters. The number of hydrogen-bond donors (Lipinski definition) is 0. The molecule has 1 aromatic rings. The summed E-state index contributed by atoms with van der Waals surface area (Å²) >= 11 is 7.80. The van der Waals surface area contributed by atoms with Crippen LogP contribution < -0.4 is 4.46 Å². The number of ether oxygens (including phenoxy) is 1. The van der Waals surface area contributed by atoms with E-state index >= 15 is 0 Å². The molecule has 2 rings (SSSR count). The topological polar surface area (TPSA) is 41.9 Å². The normalized spacial score (nSPS) is 19.0. The van der Waals surface area contributed by atoms with Gasteiger partial charge in [0.05, 0.1) is 0 Å². The summed E-state index contributed by atoms with van der Waals surface area (Å²) in [6.07, 6.45) is 1.33.